The van der Waals surface area contributed by atoms with Gasteiger partial charge in [-0.1, -0.05) is 73.9 Å². The van der Waals surface area contributed by atoms with Gasteiger partial charge in [0.05, 0.1) is 16.1 Å². The van der Waals surface area contributed by atoms with Crippen LogP contribution < -0.4 is 5.32 Å². The lowest BCUT2D eigenvalue weighted by atomic mass is 9.84. The molecule has 2 aliphatic carbocycles. The van der Waals surface area contributed by atoms with Gasteiger partial charge in [-0.25, -0.2) is 9.37 Å². The van der Waals surface area contributed by atoms with Gasteiger partial charge in [0.15, 0.2) is 0 Å². The molecule has 1 heterocycles. The van der Waals surface area contributed by atoms with E-state index < -0.39 is 11.9 Å². The molecule has 2 atom stereocenters. The molecule has 2 aromatic carbocycles. The first kappa shape index (κ1) is 26.5. The number of fused-ring (bicyclic) bond motifs is 1. The van der Waals surface area contributed by atoms with Gasteiger partial charge >= 0.3 is 0 Å². The molecule has 2 aliphatic rings. The molecular weight excluding hydrogens is 512 g/mol. The molecule has 0 bridgehead atoms. The largest absolute Gasteiger partial charge is 0.373 e. The van der Waals surface area contributed by atoms with Crippen LogP contribution in [0.2, 0.25) is 10.0 Å². The highest BCUT2D eigenvalue weighted by Crippen LogP contribution is 2.40. The minimum Gasteiger partial charge on any atom is -0.373 e. The summed E-state index contributed by atoms with van der Waals surface area (Å²) < 4.78 is 22.6. The number of carbonyl (C=O) groups is 1. The minimum absolute atomic E-state index is 0.00985. The minimum atomic E-state index is -0.761. The molecule has 0 saturated heterocycles. The fourth-order valence-corrected chi connectivity index (χ4v) is 6.50. The fraction of sp³-hybridized carbons (Fsp3) is 0.517. The summed E-state index contributed by atoms with van der Waals surface area (Å²) >= 11 is 12.7. The van der Waals surface area contributed by atoms with Crippen LogP contribution in [0.5, 0.6) is 0 Å². The zero-order valence-electron chi connectivity index (χ0n) is 21.2. The van der Waals surface area contributed by atoms with Crippen molar-refractivity contribution >= 4 is 40.1 Å². The van der Waals surface area contributed by atoms with E-state index in [4.69, 9.17) is 32.9 Å². The van der Waals surface area contributed by atoms with E-state index >= 15 is 0 Å². The van der Waals surface area contributed by atoms with E-state index in [1.165, 1.54) is 18.9 Å². The zero-order valence-corrected chi connectivity index (χ0v) is 22.7. The average Bonchev–Trinajstić information content (AvgIpc) is 3.23. The van der Waals surface area contributed by atoms with Crippen molar-refractivity contribution in [3.8, 4) is 0 Å². The number of hydrogen-bond acceptors (Lipinski definition) is 3. The lowest BCUT2D eigenvalue weighted by molar-refractivity contribution is -0.124. The molecule has 5 nitrogen and oxygen atoms in total. The van der Waals surface area contributed by atoms with Crippen molar-refractivity contribution in [3.05, 3.63) is 63.6 Å². The third-order valence-electron chi connectivity index (χ3n) is 7.97. The fourth-order valence-electron chi connectivity index (χ4n) is 6.15. The van der Waals surface area contributed by atoms with Gasteiger partial charge in [-0.2, -0.15) is 0 Å². The smallest absolute Gasteiger partial charge is 0.247 e. The number of nitrogens with zero attached hydrogens (tertiary/aromatic N) is 2. The number of carbonyl (C=O) groups excluding carboxylic acids is 1. The molecule has 1 N–H and O–H groups in total. The van der Waals surface area contributed by atoms with E-state index in [0.717, 1.165) is 56.9 Å². The Labute approximate surface area is 227 Å². The molecule has 1 amide bonds. The van der Waals surface area contributed by atoms with E-state index in [1.807, 2.05) is 22.8 Å². The van der Waals surface area contributed by atoms with Crippen LogP contribution in [-0.2, 0) is 9.53 Å². The maximum absolute atomic E-state index is 14.6. The second kappa shape index (κ2) is 11.7. The van der Waals surface area contributed by atoms with Crippen LogP contribution in [0.3, 0.4) is 0 Å². The Morgan fingerprint density at radius 3 is 2.43 bits per heavy atom. The molecule has 0 radical (unpaired) electrons. The number of ether oxygens (including phenoxy) is 1. The van der Waals surface area contributed by atoms with E-state index in [9.17, 15) is 9.18 Å². The van der Waals surface area contributed by atoms with Crippen molar-refractivity contribution in [3.63, 3.8) is 0 Å². The van der Waals surface area contributed by atoms with Crippen LogP contribution in [0.4, 0.5) is 4.39 Å². The van der Waals surface area contributed by atoms with Crippen LogP contribution >= 0.6 is 23.2 Å². The zero-order chi connectivity index (χ0) is 25.9. The molecule has 5 rings (SSSR count). The number of amides is 1. The van der Waals surface area contributed by atoms with E-state index in [2.05, 4.69) is 5.32 Å². The first-order valence-electron chi connectivity index (χ1n) is 13.4. The molecule has 2 saturated carbocycles. The van der Waals surface area contributed by atoms with E-state index in [1.54, 1.807) is 19.2 Å². The first-order chi connectivity index (χ1) is 18.0. The monoisotopic (exact) mass is 545 g/mol. The van der Waals surface area contributed by atoms with Crippen molar-refractivity contribution < 1.29 is 13.9 Å². The lowest BCUT2D eigenvalue weighted by Gasteiger charge is -2.32. The summed E-state index contributed by atoms with van der Waals surface area (Å²) in [6.45, 7) is 0. The van der Waals surface area contributed by atoms with Crippen LogP contribution in [0, 0.1) is 11.7 Å². The normalized spacial score (nSPS) is 19.1. The van der Waals surface area contributed by atoms with Gasteiger partial charge in [-0.15, -0.1) is 0 Å². The summed E-state index contributed by atoms with van der Waals surface area (Å²) in [6, 6.07) is 9.64. The van der Waals surface area contributed by atoms with Crippen LogP contribution in [0.25, 0.3) is 11.0 Å². The van der Waals surface area contributed by atoms with Gasteiger partial charge in [0.25, 0.3) is 0 Å². The lowest BCUT2D eigenvalue weighted by Crippen LogP contribution is -2.41. The van der Waals surface area contributed by atoms with Gasteiger partial charge in [0.2, 0.25) is 5.91 Å². The number of methoxy groups -OCH3 is 1. The number of imidazole rings is 1. The second-order valence-corrected chi connectivity index (χ2v) is 11.3. The van der Waals surface area contributed by atoms with Gasteiger partial charge < -0.3 is 14.6 Å². The highest BCUT2D eigenvalue weighted by Gasteiger charge is 2.35. The number of rotatable bonds is 7. The molecule has 0 spiro atoms. The Hall–Kier alpha value is -2.15. The maximum Gasteiger partial charge on any atom is 0.247 e. The van der Waals surface area contributed by atoms with Crippen molar-refractivity contribution in [2.45, 2.75) is 82.4 Å². The summed E-state index contributed by atoms with van der Waals surface area (Å²) in [5.74, 6) is 0.211. The van der Waals surface area contributed by atoms with E-state index in [0.29, 0.717) is 21.9 Å². The summed E-state index contributed by atoms with van der Waals surface area (Å²) in [5, 5.41) is 3.83. The molecule has 37 heavy (non-hydrogen) atoms. The molecular formula is C29H34Cl2FN3O2. The summed E-state index contributed by atoms with van der Waals surface area (Å²) in [4.78, 5) is 19.0. The molecule has 8 heteroatoms. The standard InChI is InChI=1S/C29H34Cl2FN3O2/c1-37-27(18-9-4-2-5-10-18)28-34-24-17-23(32)22(31)16-25(24)35(28)26(19-11-8-12-20(30)15-19)29(36)33-21-13-6-3-7-14-21/h8,11-12,15-18,21,26-27H,2-7,9-10,13-14H2,1H3,(H,33,36). The predicted molar refractivity (Wildman–Crippen MR) is 146 cm³/mol. The Bertz CT molecular complexity index is 1250. The molecule has 1 aromatic heterocycles. The maximum atomic E-state index is 14.6. The van der Waals surface area contributed by atoms with Crippen LogP contribution in [-0.4, -0.2) is 28.6 Å². The van der Waals surface area contributed by atoms with Crippen molar-refractivity contribution in [1.29, 1.82) is 0 Å². The SMILES string of the molecule is COC(c1nc2cc(F)c(Cl)cc2n1C(C(=O)NC1CCCCC1)c1cccc(Cl)c1)C1CCCCC1. The topological polar surface area (TPSA) is 56.2 Å². The quantitative estimate of drug-likeness (QED) is 0.329. The third-order valence-corrected chi connectivity index (χ3v) is 8.49. The first-order valence-corrected chi connectivity index (χ1v) is 14.2. The van der Waals surface area contributed by atoms with Gasteiger partial charge in [0.1, 0.15) is 23.8 Å². The third kappa shape index (κ3) is 5.67. The number of benzene rings is 2. The molecule has 3 aromatic rings. The Kier molecular flexibility index (Phi) is 8.37. The highest BCUT2D eigenvalue weighted by molar-refractivity contribution is 6.31. The van der Waals surface area contributed by atoms with Crippen LogP contribution in [0.1, 0.15) is 87.7 Å². The predicted octanol–water partition coefficient (Wildman–Crippen LogP) is 7.79. The van der Waals surface area contributed by atoms with Crippen molar-refractivity contribution in [2.75, 3.05) is 7.11 Å². The van der Waals surface area contributed by atoms with E-state index in [-0.39, 0.29) is 29.0 Å². The number of nitrogens with one attached hydrogen (secondary N) is 1. The number of hydrogen-bond donors (Lipinski definition) is 1. The number of aromatic nitrogens is 2. The molecule has 198 valence electrons. The average molecular weight is 547 g/mol. The van der Waals surface area contributed by atoms with Gasteiger partial charge in [-0.05, 0) is 55.4 Å². The van der Waals surface area contributed by atoms with Crippen molar-refractivity contribution in [2.24, 2.45) is 5.92 Å². The highest BCUT2D eigenvalue weighted by atomic mass is 35.5. The summed E-state index contributed by atoms with van der Waals surface area (Å²) in [5.41, 5.74) is 1.79. The summed E-state index contributed by atoms with van der Waals surface area (Å²) in [6.07, 6.45) is 10.5. The number of halogens is 3. The molecule has 2 unspecified atom stereocenters. The molecule has 0 aliphatic heterocycles. The summed E-state index contributed by atoms with van der Waals surface area (Å²) in [7, 11) is 1.69. The Morgan fingerprint density at radius 2 is 1.76 bits per heavy atom. The Morgan fingerprint density at radius 1 is 1.05 bits per heavy atom. The second-order valence-electron chi connectivity index (χ2n) is 10.5. The Balaban J connectivity index is 1.68. The van der Waals surface area contributed by atoms with Crippen molar-refractivity contribution in [1.82, 2.24) is 14.9 Å². The molecule has 2 fully saturated rings. The van der Waals surface area contributed by atoms with Gasteiger partial charge in [-0.3, -0.25) is 4.79 Å². The van der Waals surface area contributed by atoms with Gasteiger partial charge in [0, 0.05) is 24.2 Å². The van der Waals surface area contributed by atoms with Crippen LogP contribution in [0.15, 0.2) is 36.4 Å².